The molecule has 14 rings (SSSR count). The summed E-state index contributed by atoms with van der Waals surface area (Å²) in [6.07, 6.45) is 0. The number of imidazole rings is 2. The molecule has 0 unspecified atom stereocenters. The Bertz CT molecular complexity index is 4180. The molecule has 4 nitrogen and oxygen atoms in total. The van der Waals surface area contributed by atoms with E-state index < -0.39 is 10.0 Å². The van der Waals surface area contributed by atoms with Crippen LogP contribution in [-0.2, 0) is 0 Å². The van der Waals surface area contributed by atoms with Gasteiger partial charge in [-0.05, 0) is 119 Å². The van der Waals surface area contributed by atoms with Crippen molar-refractivity contribution in [3.63, 3.8) is 0 Å². The van der Waals surface area contributed by atoms with E-state index in [4.69, 9.17) is 4.98 Å². The number of hydrogen-bond acceptors (Lipinski definition) is 1. The summed E-state index contributed by atoms with van der Waals surface area (Å²) in [5.41, 5.74) is 8.85. The van der Waals surface area contributed by atoms with Crippen molar-refractivity contribution in [2.75, 3.05) is 0 Å². The summed E-state index contributed by atoms with van der Waals surface area (Å²) in [5, 5.41) is 9.57. The first-order chi connectivity index (χ1) is 32.8. The van der Waals surface area contributed by atoms with Gasteiger partial charge in [-0.1, -0.05) is 146 Å². The van der Waals surface area contributed by atoms with Crippen LogP contribution in [0.3, 0.4) is 0 Å². The second-order valence-electron chi connectivity index (χ2n) is 17.1. The Kier molecular flexibility index (Phi) is 8.03. The predicted octanol–water partition coefficient (Wildman–Crippen LogP) is 16.4. The number of aromatic nitrogens is 4. The molecule has 0 fully saturated rings. The van der Waals surface area contributed by atoms with Crippen molar-refractivity contribution in [2.45, 2.75) is 19.6 Å². The van der Waals surface area contributed by atoms with Gasteiger partial charge in [-0.3, -0.25) is 8.97 Å². The number of fused-ring (bicyclic) bond motifs is 15. The van der Waals surface area contributed by atoms with Crippen LogP contribution in [0.15, 0.2) is 262 Å². The van der Waals surface area contributed by atoms with Gasteiger partial charge in [0.2, 0.25) is 5.78 Å². The van der Waals surface area contributed by atoms with Crippen LogP contribution < -0.4 is 0 Å². The Morgan fingerprint density at radius 3 is 1.33 bits per heavy atom. The molecule has 5 heteroatoms. The highest BCUT2D eigenvalue weighted by atomic mass is 32.3. The molecule has 0 atom stereocenters. The highest BCUT2D eigenvalue weighted by molar-refractivity contribution is 8.34. The zero-order valence-electron chi connectivity index (χ0n) is 35.8. The molecule has 0 aliphatic rings. The van der Waals surface area contributed by atoms with E-state index in [0.29, 0.717) is 0 Å². The molecule has 0 saturated heterocycles. The molecular formula is C61H40N4S. The lowest BCUT2D eigenvalue weighted by Crippen LogP contribution is -2.05. The van der Waals surface area contributed by atoms with Crippen LogP contribution in [0.4, 0.5) is 0 Å². The SMILES string of the molecule is c1ccc(S(c2ccccc2)(c2ccccc2)c2ccc3c(c2)c2cc(-n4c5ccccc5n5c6ccccc6nc45)cc4c5ccccc5c5ccccc5c5ccccc5n3c42)cc1. The lowest BCUT2D eigenvalue weighted by molar-refractivity contribution is 1.11. The van der Waals surface area contributed by atoms with Crippen LogP contribution in [0, 0.1) is 0 Å². The summed E-state index contributed by atoms with van der Waals surface area (Å²) < 4.78 is 7.25. The molecule has 0 aliphatic carbocycles. The minimum absolute atomic E-state index is 0.890. The Hall–Kier alpha value is -8.38. The van der Waals surface area contributed by atoms with Crippen LogP contribution in [0.2, 0.25) is 0 Å². The Balaban J connectivity index is 1.24. The summed E-state index contributed by atoms with van der Waals surface area (Å²) in [6.45, 7) is 0. The number of nitrogens with zero attached hydrogens (tertiary/aromatic N) is 4. The smallest absolute Gasteiger partial charge is 0.220 e. The van der Waals surface area contributed by atoms with Gasteiger partial charge in [0.15, 0.2) is 0 Å². The fourth-order valence-electron chi connectivity index (χ4n) is 11.0. The lowest BCUT2D eigenvalue weighted by Gasteiger charge is -2.42. The highest BCUT2D eigenvalue weighted by Crippen LogP contribution is 2.73. The molecule has 4 aromatic heterocycles. The second-order valence-corrected chi connectivity index (χ2v) is 20.2. The average molecular weight is 861 g/mol. The third kappa shape index (κ3) is 5.14. The van der Waals surface area contributed by atoms with E-state index in [1.807, 2.05) is 0 Å². The van der Waals surface area contributed by atoms with Gasteiger partial charge < -0.3 is 4.40 Å². The minimum Gasteiger partial charge on any atom is -0.308 e. The van der Waals surface area contributed by atoms with Crippen LogP contribution in [0.5, 0.6) is 0 Å². The van der Waals surface area contributed by atoms with Gasteiger partial charge in [0.05, 0.1) is 44.3 Å². The molecule has 0 amide bonds. The summed E-state index contributed by atoms with van der Waals surface area (Å²) >= 11 is 0. The van der Waals surface area contributed by atoms with Gasteiger partial charge in [-0.25, -0.2) is 4.98 Å². The van der Waals surface area contributed by atoms with Crippen molar-refractivity contribution >= 4 is 97.5 Å². The fourth-order valence-corrected chi connectivity index (χ4v) is 14.9. The molecule has 0 N–H and O–H groups in total. The molecule has 66 heavy (non-hydrogen) atoms. The van der Waals surface area contributed by atoms with Crippen LogP contribution in [0.1, 0.15) is 0 Å². The maximum atomic E-state index is 5.37. The summed E-state index contributed by atoms with van der Waals surface area (Å²) in [7, 11) is -1.99. The predicted molar refractivity (Wildman–Crippen MR) is 277 cm³/mol. The zero-order valence-corrected chi connectivity index (χ0v) is 36.6. The van der Waals surface area contributed by atoms with E-state index in [2.05, 4.69) is 256 Å². The number of benzene rings is 10. The van der Waals surface area contributed by atoms with Crippen molar-refractivity contribution in [3.05, 3.63) is 243 Å². The van der Waals surface area contributed by atoms with Crippen LogP contribution in [0.25, 0.3) is 93.2 Å². The molecule has 310 valence electrons. The molecule has 0 aliphatic heterocycles. The molecule has 0 radical (unpaired) electrons. The zero-order chi connectivity index (χ0) is 43.3. The Morgan fingerprint density at radius 1 is 0.288 bits per heavy atom. The fraction of sp³-hybridized carbons (Fsp3) is 0. The van der Waals surface area contributed by atoms with E-state index in [9.17, 15) is 0 Å². The Morgan fingerprint density at radius 2 is 0.727 bits per heavy atom. The van der Waals surface area contributed by atoms with Gasteiger partial charge in [-0.15, -0.1) is 10.0 Å². The molecule has 10 aromatic carbocycles. The monoisotopic (exact) mass is 860 g/mol. The van der Waals surface area contributed by atoms with Crippen LogP contribution >= 0.6 is 10.0 Å². The van der Waals surface area contributed by atoms with E-state index in [1.54, 1.807) is 0 Å². The topological polar surface area (TPSA) is 26.6 Å². The number of para-hydroxylation sites is 5. The largest absolute Gasteiger partial charge is 0.308 e. The molecule has 0 spiro atoms. The molecule has 14 aromatic rings. The van der Waals surface area contributed by atoms with Crippen molar-refractivity contribution < 1.29 is 0 Å². The van der Waals surface area contributed by atoms with Gasteiger partial charge in [-0.2, -0.15) is 0 Å². The van der Waals surface area contributed by atoms with Crippen molar-refractivity contribution in [1.82, 2.24) is 18.4 Å². The number of rotatable bonds is 5. The van der Waals surface area contributed by atoms with E-state index in [1.165, 1.54) is 68.2 Å². The lowest BCUT2D eigenvalue weighted by atomic mass is 10.0. The summed E-state index contributed by atoms with van der Waals surface area (Å²) in [4.78, 5) is 10.5. The first-order valence-corrected chi connectivity index (χ1v) is 24.2. The number of hydrogen-bond donors (Lipinski definition) is 0. The van der Waals surface area contributed by atoms with Gasteiger partial charge >= 0.3 is 0 Å². The van der Waals surface area contributed by atoms with Gasteiger partial charge in [0.25, 0.3) is 0 Å². The second kappa shape index (κ2) is 14.3. The first-order valence-electron chi connectivity index (χ1n) is 22.5. The van der Waals surface area contributed by atoms with Crippen molar-refractivity contribution in [3.8, 4) is 5.69 Å². The molecule has 0 saturated carbocycles. The minimum atomic E-state index is -1.99. The maximum Gasteiger partial charge on any atom is 0.220 e. The van der Waals surface area contributed by atoms with E-state index >= 15 is 0 Å². The average Bonchev–Trinajstić information content (AvgIpc) is 4.04. The first kappa shape index (κ1) is 37.0. The van der Waals surface area contributed by atoms with Crippen molar-refractivity contribution in [1.29, 1.82) is 0 Å². The third-order valence-electron chi connectivity index (χ3n) is 13.7. The van der Waals surface area contributed by atoms with Crippen molar-refractivity contribution in [2.24, 2.45) is 0 Å². The van der Waals surface area contributed by atoms with E-state index in [-0.39, 0.29) is 0 Å². The molecule has 4 heterocycles. The molecular weight excluding hydrogens is 821 g/mol. The quantitative estimate of drug-likeness (QED) is 0.169. The normalized spacial score (nSPS) is 12.5. The third-order valence-corrected chi connectivity index (χ3v) is 17.6. The van der Waals surface area contributed by atoms with Gasteiger partial charge in [0.1, 0.15) is 0 Å². The van der Waals surface area contributed by atoms with E-state index in [0.717, 1.165) is 44.6 Å². The summed E-state index contributed by atoms with van der Waals surface area (Å²) in [5.74, 6) is 0.890. The molecule has 0 bridgehead atoms. The summed E-state index contributed by atoms with van der Waals surface area (Å²) in [6, 6.07) is 89.8. The van der Waals surface area contributed by atoms with Gasteiger partial charge in [0, 0.05) is 41.1 Å². The Labute approximate surface area is 381 Å². The van der Waals surface area contributed by atoms with Crippen LogP contribution in [-0.4, -0.2) is 18.4 Å². The maximum absolute atomic E-state index is 5.37. The standard InChI is InChI=1S/C61H40N4S/c1-4-20-42(21-5-1)66(43-22-6-2-7-23-43,44-24-8-3-9-25-44)45-36-37-56-51(40-45)53-39-41(63-58-34-18-19-35-59(58)65-57-33-17-15-31-54(57)62-61(63)65)38-52-49-29-13-11-27-47(49)46-26-10-12-28-48(46)50-30-14-16-32-55(50)64(56)60(52)53/h1-40H. The highest BCUT2D eigenvalue weighted by Gasteiger charge is 2.34.